The van der Waals surface area contributed by atoms with Crippen molar-refractivity contribution in [1.82, 2.24) is 0 Å². The summed E-state index contributed by atoms with van der Waals surface area (Å²) in [7, 11) is 0. The zero-order valence-electron chi connectivity index (χ0n) is 18.8. The van der Waals surface area contributed by atoms with Gasteiger partial charge in [-0.25, -0.2) is 0 Å². The SMILES string of the molecule is CC1=C[C](C)([Zr+2]([CH]2C=Cc3c(-c4ccccc4)cccc32)[SiH](C)C)C(C)=C1C.[Cl-].[Cl-]. The van der Waals surface area contributed by atoms with Crippen molar-refractivity contribution in [2.75, 3.05) is 0 Å². The van der Waals surface area contributed by atoms with Crippen LogP contribution in [0.4, 0.5) is 0 Å². The van der Waals surface area contributed by atoms with E-state index in [2.05, 4.69) is 108 Å². The Bertz CT molecular complexity index is 1010. The summed E-state index contributed by atoms with van der Waals surface area (Å²) in [5.74, 6) is -0.734. The smallest absolute Gasteiger partial charge is 1.00 e. The average molecular weight is 534 g/mol. The van der Waals surface area contributed by atoms with Gasteiger partial charge in [-0.2, -0.15) is 0 Å². The van der Waals surface area contributed by atoms with E-state index in [9.17, 15) is 0 Å². The number of fused-ring (bicyclic) bond motifs is 1. The maximum absolute atomic E-state index is 2.66. The molecule has 2 aliphatic carbocycles. The normalized spacial score (nSPS) is 21.8. The molecule has 0 radical (unpaired) electrons. The molecule has 157 valence electrons. The fourth-order valence-electron chi connectivity index (χ4n) is 5.39. The van der Waals surface area contributed by atoms with E-state index in [1.165, 1.54) is 22.3 Å². The zero-order valence-corrected chi connectivity index (χ0v) is 23.9. The summed E-state index contributed by atoms with van der Waals surface area (Å²) in [6, 6.07) is 17.9. The Kier molecular flexibility index (Phi) is 8.42. The zero-order chi connectivity index (χ0) is 20.1. The molecule has 0 bridgehead atoms. The van der Waals surface area contributed by atoms with Crippen LogP contribution in [0.1, 0.15) is 42.4 Å². The van der Waals surface area contributed by atoms with Crippen LogP contribution in [-0.4, -0.2) is 5.92 Å². The molecular formula is C26H31Cl2SiZr. The van der Waals surface area contributed by atoms with Crippen molar-refractivity contribution in [3.63, 3.8) is 0 Å². The predicted molar refractivity (Wildman–Crippen MR) is 123 cm³/mol. The van der Waals surface area contributed by atoms with Gasteiger partial charge in [-0.1, -0.05) is 0 Å². The topological polar surface area (TPSA) is 0 Å². The van der Waals surface area contributed by atoms with Gasteiger partial charge >= 0.3 is 180 Å². The van der Waals surface area contributed by atoms with Gasteiger partial charge < -0.3 is 24.8 Å². The summed E-state index contributed by atoms with van der Waals surface area (Å²) in [6.07, 6.45) is 7.70. The Morgan fingerprint density at radius 3 is 2.13 bits per heavy atom. The van der Waals surface area contributed by atoms with Gasteiger partial charge in [-0.05, 0) is 0 Å². The van der Waals surface area contributed by atoms with Crippen LogP contribution in [0.3, 0.4) is 0 Å². The molecule has 2 aliphatic rings. The van der Waals surface area contributed by atoms with Gasteiger partial charge in [0, 0.05) is 0 Å². The summed E-state index contributed by atoms with van der Waals surface area (Å²) in [5.41, 5.74) is 10.6. The minimum Gasteiger partial charge on any atom is -1.00 e. The average Bonchev–Trinajstić information content (AvgIpc) is 3.18. The fraction of sp³-hybridized carbons (Fsp3) is 0.308. The van der Waals surface area contributed by atoms with Gasteiger partial charge in [0.05, 0.1) is 0 Å². The number of hydrogen-bond donors (Lipinski definition) is 0. The van der Waals surface area contributed by atoms with E-state index in [0.717, 1.165) is 0 Å². The molecule has 0 nitrogen and oxygen atoms in total. The second-order valence-corrected chi connectivity index (χ2v) is 29.7. The van der Waals surface area contributed by atoms with Gasteiger partial charge in [-0.15, -0.1) is 0 Å². The maximum Gasteiger partial charge on any atom is -1.00 e. The van der Waals surface area contributed by atoms with Crippen LogP contribution in [0.5, 0.6) is 0 Å². The molecular weight excluding hydrogens is 503 g/mol. The minimum atomic E-state index is -1.84. The van der Waals surface area contributed by atoms with Crippen molar-refractivity contribution in [2.24, 2.45) is 0 Å². The molecule has 2 aromatic rings. The number of allylic oxidation sites excluding steroid dienone is 5. The summed E-state index contributed by atoms with van der Waals surface area (Å²) >= 11 is -1.84. The van der Waals surface area contributed by atoms with E-state index in [-0.39, 0.29) is 24.8 Å². The van der Waals surface area contributed by atoms with Crippen molar-refractivity contribution in [2.45, 2.75) is 47.5 Å². The van der Waals surface area contributed by atoms with Crippen LogP contribution in [0, 0.1) is 0 Å². The van der Waals surface area contributed by atoms with Crippen LogP contribution in [0.15, 0.2) is 77.4 Å². The number of halogens is 2. The summed E-state index contributed by atoms with van der Waals surface area (Å²) in [4.78, 5) is 0. The van der Waals surface area contributed by atoms with E-state index in [1.807, 2.05) is 0 Å². The molecule has 30 heavy (non-hydrogen) atoms. The number of benzene rings is 2. The van der Waals surface area contributed by atoms with Crippen molar-refractivity contribution in [3.05, 3.63) is 88.5 Å². The summed E-state index contributed by atoms with van der Waals surface area (Å²) in [6.45, 7) is 14.9. The monoisotopic (exact) mass is 531 g/mol. The molecule has 4 heteroatoms. The molecule has 0 amide bonds. The fourth-order valence-corrected chi connectivity index (χ4v) is 31.2. The summed E-state index contributed by atoms with van der Waals surface area (Å²) in [5, 5.41) is 0. The van der Waals surface area contributed by atoms with Gasteiger partial charge in [0.2, 0.25) is 0 Å². The molecule has 2 aromatic carbocycles. The van der Waals surface area contributed by atoms with E-state index in [4.69, 9.17) is 0 Å². The van der Waals surface area contributed by atoms with Crippen LogP contribution < -0.4 is 24.8 Å². The maximum atomic E-state index is 2.66. The van der Waals surface area contributed by atoms with Crippen molar-refractivity contribution >= 4 is 12.0 Å². The molecule has 4 rings (SSSR count). The van der Waals surface area contributed by atoms with Crippen LogP contribution in [0.2, 0.25) is 16.2 Å². The molecule has 0 spiro atoms. The first-order chi connectivity index (χ1) is 13.3. The van der Waals surface area contributed by atoms with E-state index in [0.29, 0.717) is 6.75 Å². The Hall–Kier alpha value is -0.660. The molecule has 0 saturated carbocycles. The second kappa shape index (κ2) is 9.86. The van der Waals surface area contributed by atoms with Gasteiger partial charge in [-0.3, -0.25) is 0 Å². The third-order valence-corrected chi connectivity index (χ3v) is 30.2. The molecule has 0 fully saturated rings. The van der Waals surface area contributed by atoms with E-state index in [1.54, 1.807) is 16.7 Å². The largest absolute Gasteiger partial charge is 1.00 e. The Labute approximate surface area is 203 Å². The quantitative estimate of drug-likeness (QED) is 0.523. The van der Waals surface area contributed by atoms with Gasteiger partial charge in [0.25, 0.3) is 0 Å². The predicted octanol–water partition coefficient (Wildman–Crippen LogP) is 1.51. The number of rotatable bonds is 4. The third kappa shape index (κ3) is 4.18. The molecule has 0 aromatic heterocycles. The van der Waals surface area contributed by atoms with E-state index >= 15 is 0 Å². The second-order valence-electron chi connectivity index (χ2n) is 8.90. The Morgan fingerprint density at radius 1 is 0.900 bits per heavy atom. The number of hydrogen-bond acceptors (Lipinski definition) is 0. The molecule has 0 heterocycles. The van der Waals surface area contributed by atoms with E-state index < -0.39 is 26.8 Å². The van der Waals surface area contributed by atoms with Crippen molar-refractivity contribution < 1.29 is 45.7 Å². The van der Waals surface area contributed by atoms with Crippen molar-refractivity contribution in [3.8, 4) is 11.1 Å². The first kappa shape index (κ1) is 25.6. The van der Waals surface area contributed by atoms with Crippen LogP contribution >= 0.6 is 0 Å². The van der Waals surface area contributed by atoms with Crippen LogP contribution in [-0.2, 0) is 20.9 Å². The summed E-state index contributed by atoms with van der Waals surface area (Å²) < 4.78 is 1.08. The first-order valence-corrected chi connectivity index (χ1v) is 20.3. The molecule has 2 unspecified atom stereocenters. The Balaban J connectivity index is 0.00000160. The molecule has 2 atom stereocenters. The standard InChI is InChI=1S/C15H11.C9H13.C2H7Si.2ClH.Zr/c1-2-6-12(7-3-1)14-10-4-8-13-9-5-11-15(13)14;1-6-5-7(2)9(4)8(6)3;1-3-2;;;/h1-11H;5H,1-4H3;3H,1-2H3;2*1H;/q;;;;;+2/p-2. The first-order valence-electron chi connectivity index (χ1n) is 10.5. The molecule has 0 N–H and O–H groups in total. The third-order valence-electron chi connectivity index (χ3n) is 7.01. The van der Waals surface area contributed by atoms with Gasteiger partial charge in [0.1, 0.15) is 0 Å². The molecule has 0 saturated heterocycles. The Morgan fingerprint density at radius 2 is 1.57 bits per heavy atom. The minimum absolute atomic E-state index is 0. The van der Waals surface area contributed by atoms with Crippen molar-refractivity contribution in [1.29, 1.82) is 0 Å². The van der Waals surface area contributed by atoms with Gasteiger partial charge in [0.15, 0.2) is 0 Å². The van der Waals surface area contributed by atoms with Crippen LogP contribution in [0.25, 0.3) is 17.2 Å². The molecule has 0 aliphatic heterocycles.